The molecule has 0 radical (unpaired) electrons. The van der Waals surface area contributed by atoms with E-state index in [1.54, 1.807) is 0 Å². The number of hydrogen-bond acceptors (Lipinski definition) is 2. The first kappa shape index (κ1) is 10.7. The van der Waals surface area contributed by atoms with Crippen LogP contribution < -0.4 is 0 Å². The number of nitrogens with zero attached hydrogens (tertiary/aromatic N) is 1. The summed E-state index contributed by atoms with van der Waals surface area (Å²) in [5.41, 5.74) is 0.0828. The molecule has 0 amide bonds. The van der Waals surface area contributed by atoms with E-state index >= 15 is 0 Å². The first-order valence-electron chi connectivity index (χ1n) is 5.12. The molecule has 0 N–H and O–H groups in total. The van der Waals surface area contributed by atoms with E-state index in [0.29, 0.717) is 0 Å². The van der Waals surface area contributed by atoms with Crippen LogP contribution in [0.15, 0.2) is 12.2 Å². The highest BCUT2D eigenvalue weighted by atomic mass is 16.5. The minimum Gasteiger partial charge on any atom is -0.373 e. The Hall–Kier alpha value is -0.340. The molecular weight excluding hydrogens is 162 g/mol. The maximum absolute atomic E-state index is 5.95. The van der Waals surface area contributed by atoms with Gasteiger partial charge in [0, 0.05) is 13.2 Å². The van der Waals surface area contributed by atoms with Crippen molar-refractivity contribution in [2.45, 2.75) is 31.8 Å². The number of rotatable bonds is 5. The van der Waals surface area contributed by atoms with Crippen molar-refractivity contribution in [3.8, 4) is 0 Å². The van der Waals surface area contributed by atoms with Gasteiger partial charge in [-0.15, -0.1) is 0 Å². The smallest absolute Gasteiger partial charge is 0.0876 e. The molecule has 1 rings (SSSR count). The lowest BCUT2D eigenvalue weighted by Gasteiger charge is -2.32. The molecule has 0 bridgehead atoms. The van der Waals surface area contributed by atoms with Crippen molar-refractivity contribution < 1.29 is 4.74 Å². The van der Waals surface area contributed by atoms with Crippen LogP contribution in [0.2, 0.25) is 0 Å². The fourth-order valence-corrected chi connectivity index (χ4v) is 1.87. The van der Waals surface area contributed by atoms with Gasteiger partial charge in [0.05, 0.1) is 5.60 Å². The van der Waals surface area contributed by atoms with Crippen molar-refractivity contribution in [2.75, 3.05) is 27.2 Å². The van der Waals surface area contributed by atoms with Gasteiger partial charge in [-0.2, -0.15) is 0 Å². The summed E-state index contributed by atoms with van der Waals surface area (Å²) in [6.45, 7) is 4.07. The maximum atomic E-state index is 5.95. The Morgan fingerprint density at radius 3 is 2.38 bits per heavy atom. The molecule has 0 aromatic rings. The first-order valence-corrected chi connectivity index (χ1v) is 5.12. The zero-order valence-corrected chi connectivity index (χ0v) is 9.05. The van der Waals surface area contributed by atoms with E-state index in [4.69, 9.17) is 4.74 Å². The van der Waals surface area contributed by atoms with Crippen LogP contribution in [0.1, 0.15) is 26.2 Å². The van der Waals surface area contributed by atoms with Gasteiger partial charge < -0.3 is 9.64 Å². The highest BCUT2D eigenvalue weighted by Crippen LogP contribution is 2.28. The lowest BCUT2D eigenvalue weighted by molar-refractivity contribution is -0.0503. The van der Waals surface area contributed by atoms with Gasteiger partial charge in [0.15, 0.2) is 0 Å². The van der Waals surface area contributed by atoms with Crippen molar-refractivity contribution in [2.24, 2.45) is 0 Å². The number of likely N-dealkylation sites (N-methyl/N-ethyl adjacent to an activating group) is 1. The zero-order chi connectivity index (χ0) is 9.73. The third-order valence-electron chi connectivity index (χ3n) is 2.36. The van der Waals surface area contributed by atoms with Crippen LogP contribution in [0.25, 0.3) is 0 Å². The molecule has 0 spiro atoms. The van der Waals surface area contributed by atoms with Crippen LogP contribution >= 0.6 is 0 Å². The minimum atomic E-state index is 0.0828. The fourth-order valence-electron chi connectivity index (χ4n) is 1.87. The second-order valence-corrected chi connectivity index (χ2v) is 4.15. The first-order chi connectivity index (χ1) is 6.18. The third kappa shape index (κ3) is 3.12. The third-order valence-corrected chi connectivity index (χ3v) is 2.36. The van der Waals surface area contributed by atoms with Crippen molar-refractivity contribution in [3.05, 3.63) is 12.2 Å². The molecule has 0 heterocycles. The second kappa shape index (κ2) is 4.77. The predicted octanol–water partition coefficient (Wildman–Crippen LogP) is 2.06. The highest BCUT2D eigenvalue weighted by Gasteiger charge is 2.31. The summed E-state index contributed by atoms with van der Waals surface area (Å²) in [5.74, 6) is 0. The minimum absolute atomic E-state index is 0.0828. The number of hydrogen-bond donors (Lipinski definition) is 0. The maximum Gasteiger partial charge on any atom is 0.0876 e. The molecule has 0 aromatic heterocycles. The van der Waals surface area contributed by atoms with Crippen LogP contribution in [0, 0.1) is 0 Å². The molecule has 76 valence electrons. The van der Waals surface area contributed by atoms with Crippen LogP contribution in [0.3, 0.4) is 0 Å². The van der Waals surface area contributed by atoms with Crippen LogP contribution in [-0.4, -0.2) is 37.7 Å². The summed E-state index contributed by atoms with van der Waals surface area (Å²) in [6, 6.07) is 0. The summed E-state index contributed by atoms with van der Waals surface area (Å²) in [7, 11) is 4.21. The molecular formula is C11H21NO. The lowest BCUT2D eigenvalue weighted by atomic mass is 10.0. The standard InChI is InChI=1S/C11H21NO/c1-4-9-13-11(10-12(2)3)7-5-6-8-11/h5-6H,4,7-10H2,1-3H3. The SMILES string of the molecule is CCCOC1(CN(C)C)CC=CC1. The van der Waals surface area contributed by atoms with Crippen LogP contribution in [0.4, 0.5) is 0 Å². The van der Waals surface area contributed by atoms with E-state index in [-0.39, 0.29) is 5.60 Å². The molecule has 0 fully saturated rings. The average Bonchev–Trinajstić information content (AvgIpc) is 2.49. The van der Waals surface area contributed by atoms with E-state index in [9.17, 15) is 0 Å². The second-order valence-electron chi connectivity index (χ2n) is 4.15. The Balaban J connectivity index is 2.44. The van der Waals surface area contributed by atoms with E-state index < -0.39 is 0 Å². The fraction of sp³-hybridized carbons (Fsp3) is 0.818. The Bertz CT molecular complexity index is 167. The van der Waals surface area contributed by atoms with Crippen LogP contribution in [0.5, 0.6) is 0 Å². The van der Waals surface area contributed by atoms with Gasteiger partial charge in [-0.05, 0) is 33.4 Å². The average molecular weight is 183 g/mol. The largest absolute Gasteiger partial charge is 0.373 e. The molecule has 2 nitrogen and oxygen atoms in total. The van der Waals surface area contributed by atoms with Crippen molar-refractivity contribution in [1.29, 1.82) is 0 Å². The van der Waals surface area contributed by atoms with Gasteiger partial charge in [0.25, 0.3) is 0 Å². The summed E-state index contributed by atoms with van der Waals surface area (Å²) >= 11 is 0. The van der Waals surface area contributed by atoms with Gasteiger partial charge in [0.1, 0.15) is 0 Å². The molecule has 0 unspecified atom stereocenters. The normalized spacial score (nSPS) is 20.0. The molecule has 0 aliphatic heterocycles. The molecule has 0 atom stereocenters. The van der Waals surface area contributed by atoms with E-state index in [0.717, 1.165) is 32.4 Å². The van der Waals surface area contributed by atoms with Gasteiger partial charge in [-0.3, -0.25) is 0 Å². The van der Waals surface area contributed by atoms with Gasteiger partial charge in [-0.1, -0.05) is 19.1 Å². The molecule has 13 heavy (non-hydrogen) atoms. The highest BCUT2D eigenvalue weighted by molar-refractivity contribution is 5.05. The Morgan fingerprint density at radius 2 is 1.92 bits per heavy atom. The van der Waals surface area contributed by atoms with Gasteiger partial charge in [-0.25, -0.2) is 0 Å². The Morgan fingerprint density at radius 1 is 1.31 bits per heavy atom. The predicted molar refractivity (Wildman–Crippen MR) is 55.9 cm³/mol. The Labute approximate surface area is 81.6 Å². The lowest BCUT2D eigenvalue weighted by Crippen LogP contribution is -2.40. The van der Waals surface area contributed by atoms with Crippen molar-refractivity contribution >= 4 is 0 Å². The molecule has 1 aliphatic rings. The summed E-state index contributed by atoms with van der Waals surface area (Å²) < 4.78 is 5.95. The molecule has 2 heteroatoms. The monoisotopic (exact) mass is 183 g/mol. The van der Waals surface area contributed by atoms with Crippen molar-refractivity contribution in [3.63, 3.8) is 0 Å². The number of ether oxygens (including phenoxy) is 1. The van der Waals surface area contributed by atoms with Crippen molar-refractivity contribution in [1.82, 2.24) is 4.90 Å². The summed E-state index contributed by atoms with van der Waals surface area (Å²) in [5, 5.41) is 0. The molecule has 1 aliphatic carbocycles. The summed E-state index contributed by atoms with van der Waals surface area (Å²) in [6.07, 6.45) is 7.73. The Kier molecular flexibility index (Phi) is 3.94. The topological polar surface area (TPSA) is 12.5 Å². The summed E-state index contributed by atoms with van der Waals surface area (Å²) in [4.78, 5) is 2.21. The molecule has 0 saturated heterocycles. The zero-order valence-electron chi connectivity index (χ0n) is 9.05. The van der Waals surface area contributed by atoms with Gasteiger partial charge in [0.2, 0.25) is 0 Å². The van der Waals surface area contributed by atoms with E-state index in [2.05, 4.69) is 38.1 Å². The van der Waals surface area contributed by atoms with Crippen LogP contribution in [-0.2, 0) is 4.74 Å². The quantitative estimate of drug-likeness (QED) is 0.605. The molecule has 0 aromatic carbocycles. The van der Waals surface area contributed by atoms with E-state index in [1.807, 2.05) is 0 Å². The van der Waals surface area contributed by atoms with Gasteiger partial charge >= 0.3 is 0 Å². The van der Waals surface area contributed by atoms with E-state index in [1.165, 1.54) is 0 Å². The molecule has 0 saturated carbocycles.